The summed E-state index contributed by atoms with van der Waals surface area (Å²) in [7, 11) is 2.95. The second kappa shape index (κ2) is 12.0. The average Bonchev–Trinajstić information content (AvgIpc) is 3.52. The third-order valence-corrected chi connectivity index (χ3v) is 8.63. The number of hydrogen-bond acceptors (Lipinski definition) is 13. The van der Waals surface area contributed by atoms with E-state index >= 15 is 0 Å². The lowest BCUT2D eigenvalue weighted by molar-refractivity contribution is -0.191. The highest BCUT2D eigenvalue weighted by Crippen LogP contribution is 2.53. The number of aromatic amines is 1. The zero-order valence-corrected chi connectivity index (χ0v) is 24.2. The van der Waals surface area contributed by atoms with E-state index in [-0.39, 0.29) is 28.6 Å². The molecule has 4 atom stereocenters. The Balaban J connectivity index is 1.46. The molecular weight excluding hydrogens is 615 g/mol. The maximum atomic E-state index is 14.7. The van der Waals surface area contributed by atoms with Crippen molar-refractivity contribution in [3.63, 3.8) is 0 Å². The van der Waals surface area contributed by atoms with Crippen LogP contribution in [0, 0.1) is 0 Å². The number of nitrogen functional groups attached to an aromatic ring is 1. The SMILES string of the molecule is COc1ccc(OP(=S)(OC[C@@]2(C(F)F)O[C@@H](n3cnc4c(=O)[nH]c(N)nc43)[C@H](O)[C@@H]2O)Oc2ccc(OC)cc2)cc1. The van der Waals surface area contributed by atoms with Gasteiger partial charge in [0, 0.05) is 11.8 Å². The summed E-state index contributed by atoms with van der Waals surface area (Å²) in [4.78, 5) is 22.3. The number of H-pyrrole nitrogens is 1. The Morgan fingerprint density at radius 2 is 1.60 bits per heavy atom. The lowest BCUT2D eigenvalue weighted by Gasteiger charge is -2.33. The van der Waals surface area contributed by atoms with Crippen LogP contribution in [-0.4, -0.2) is 74.8 Å². The summed E-state index contributed by atoms with van der Waals surface area (Å²) < 4.78 is 63.9. The first-order valence-corrected chi connectivity index (χ1v) is 15.0. The van der Waals surface area contributed by atoms with E-state index in [0.717, 1.165) is 10.9 Å². The summed E-state index contributed by atoms with van der Waals surface area (Å²) in [5.74, 6) is 1.09. The number of rotatable bonds is 11. The molecule has 0 saturated carbocycles. The van der Waals surface area contributed by atoms with Gasteiger partial charge in [-0.05, 0) is 48.5 Å². The van der Waals surface area contributed by atoms with Crippen LogP contribution in [-0.2, 0) is 21.1 Å². The summed E-state index contributed by atoms with van der Waals surface area (Å²) >= 11 is 5.59. The van der Waals surface area contributed by atoms with E-state index in [1.165, 1.54) is 38.5 Å². The molecule has 18 heteroatoms. The second-order valence-electron chi connectivity index (χ2n) is 9.23. The summed E-state index contributed by atoms with van der Waals surface area (Å²) in [6.07, 6.45) is -8.20. The van der Waals surface area contributed by atoms with Crippen LogP contribution in [0.1, 0.15) is 6.23 Å². The molecule has 1 fully saturated rings. The number of aliphatic hydroxyl groups excluding tert-OH is 2. The van der Waals surface area contributed by atoms with Crippen molar-refractivity contribution in [3.05, 3.63) is 65.2 Å². The minimum absolute atomic E-state index is 0.167. The first-order chi connectivity index (χ1) is 20.5. The van der Waals surface area contributed by atoms with Gasteiger partial charge in [-0.3, -0.25) is 18.9 Å². The van der Waals surface area contributed by atoms with Crippen LogP contribution >= 0.6 is 6.72 Å². The molecule has 5 N–H and O–H groups in total. The first kappa shape index (κ1) is 30.6. The molecule has 0 amide bonds. The Kier molecular flexibility index (Phi) is 8.56. The van der Waals surface area contributed by atoms with Crippen molar-refractivity contribution in [2.24, 2.45) is 0 Å². The molecular formula is C25H26F2N5O9PS. The number of ether oxygens (including phenoxy) is 3. The molecule has 2 aromatic carbocycles. The highest BCUT2D eigenvalue weighted by atomic mass is 32.5. The van der Waals surface area contributed by atoms with Crippen molar-refractivity contribution in [1.82, 2.24) is 19.5 Å². The molecule has 43 heavy (non-hydrogen) atoms. The number of methoxy groups -OCH3 is 2. The van der Waals surface area contributed by atoms with Crippen molar-refractivity contribution >= 4 is 35.6 Å². The molecule has 230 valence electrons. The van der Waals surface area contributed by atoms with Gasteiger partial charge in [0.2, 0.25) is 5.95 Å². The standard InChI is InChI=1S/C25H26F2N5O9PS/c1-36-13-3-7-15(8-4-13)40-42(43,41-16-9-5-14(37-2)6-10-16)38-11-25(23(26)27)19(34)18(33)22(39-25)32-12-29-17-20(32)30-24(28)31-21(17)35/h3-10,12,18-19,22-23,33-34H,11H2,1-2H3,(H3,28,30,31,35)/t18-,19+,22-,25-/m1/s1. The number of hydrogen-bond donors (Lipinski definition) is 4. The molecule has 4 aromatic rings. The molecule has 2 aromatic heterocycles. The zero-order chi connectivity index (χ0) is 30.9. The Morgan fingerprint density at radius 3 is 2.12 bits per heavy atom. The Morgan fingerprint density at radius 1 is 1.07 bits per heavy atom. The Bertz CT molecular complexity index is 1640. The van der Waals surface area contributed by atoms with Crippen LogP contribution in [0.25, 0.3) is 11.2 Å². The minimum Gasteiger partial charge on any atom is -0.497 e. The normalized spacial score (nSPS) is 22.2. The van der Waals surface area contributed by atoms with Crippen LogP contribution < -0.4 is 29.8 Å². The fourth-order valence-electron chi connectivity index (χ4n) is 4.31. The number of aliphatic hydroxyl groups is 2. The zero-order valence-electron chi connectivity index (χ0n) is 22.5. The Labute approximate surface area is 247 Å². The predicted octanol–water partition coefficient (Wildman–Crippen LogP) is 2.37. The number of nitrogens with one attached hydrogen (secondary N) is 1. The lowest BCUT2D eigenvalue weighted by Crippen LogP contribution is -2.52. The van der Waals surface area contributed by atoms with Gasteiger partial charge in [0.05, 0.1) is 27.2 Å². The van der Waals surface area contributed by atoms with Crippen LogP contribution in [0.4, 0.5) is 14.7 Å². The lowest BCUT2D eigenvalue weighted by atomic mass is 9.96. The molecule has 0 aliphatic carbocycles. The molecule has 1 saturated heterocycles. The molecule has 0 bridgehead atoms. The van der Waals surface area contributed by atoms with Gasteiger partial charge in [-0.1, -0.05) is 0 Å². The smallest absolute Gasteiger partial charge is 0.435 e. The third kappa shape index (κ3) is 6.00. The third-order valence-electron chi connectivity index (χ3n) is 6.55. The number of imidazole rings is 1. The molecule has 0 radical (unpaired) electrons. The van der Waals surface area contributed by atoms with Crippen molar-refractivity contribution in [2.75, 3.05) is 26.6 Å². The summed E-state index contributed by atoms with van der Waals surface area (Å²) in [6.45, 7) is -5.05. The van der Waals surface area contributed by atoms with Gasteiger partial charge < -0.3 is 39.2 Å². The van der Waals surface area contributed by atoms with Crippen molar-refractivity contribution in [1.29, 1.82) is 0 Å². The highest BCUT2D eigenvalue weighted by molar-refractivity contribution is 8.07. The van der Waals surface area contributed by atoms with Gasteiger partial charge in [0.15, 0.2) is 23.0 Å². The van der Waals surface area contributed by atoms with Gasteiger partial charge in [-0.2, -0.15) is 4.98 Å². The number of nitrogens with zero attached hydrogens (tertiary/aromatic N) is 3. The van der Waals surface area contributed by atoms with E-state index in [2.05, 4.69) is 15.0 Å². The fraction of sp³-hybridized carbons (Fsp3) is 0.320. The van der Waals surface area contributed by atoms with E-state index in [4.69, 9.17) is 45.3 Å². The molecule has 1 aliphatic heterocycles. The van der Waals surface area contributed by atoms with Crippen molar-refractivity contribution < 1.29 is 46.8 Å². The van der Waals surface area contributed by atoms with Gasteiger partial charge in [-0.25, -0.2) is 13.8 Å². The van der Waals surface area contributed by atoms with E-state index in [1.807, 2.05) is 0 Å². The van der Waals surface area contributed by atoms with Gasteiger partial charge in [0.1, 0.15) is 35.2 Å². The van der Waals surface area contributed by atoms with Crippen LogP contribution in [0.3, 0.4) is 0 Å². The average molecular weight is 642 g/mol. The van der Waals surface area contributed by atoms with Crippen molar-refractivity contribution in [2.45, 2.75) is 30.5 Å². The van der Waals surface area contributed by atoms with E-state index < -0.39 is 49.3 Å². The maximum absolute atomic E-state index is 14.7. The quantitative estimate of drug-likeness (QED) is 0.175. The number of alkyl halides is 2. The van der Waals surface area contributed by atoms with E-state index in [1.54, 1.807) is 24.3 Å². The molecule has 3 heterocycles. The molecule has 0 unspecified atom stereocenters. The largest absolute Gasteiger partial charge is 0.497 e. The number of nitrogens with two attached hydrogens (primary N) is 1. The van der Waals surface area contributed by atoms with E-state index in [0.29, 0.717) is 11.5 Å². The van der Waals surface area contributed by atoms with Crippen LogP contribution in [0.5, 0.6) is 23.0 Å². The van der Waals surface area contributed by atoms with E-state index in [9.17, 15) is 23.8 Å². The van der Waals surface area contributed by atoms with Gasteiger partial charge >= 0.3 is 6.72 Å². The summed E-state index contributed by atoms with van der Waals surface area (Å²) in [5, 5.41) is 21.8. The number of fused-ring (bicyclic) bond motifs is 1. The predicted molar refractivity (Wildman–Crippen MR) is 151 cm³/mol. The highest BCUT2D eigenvalue weighted by Gasteiger charge is 2.61. The maximum Gasteiger partial charge on any atom is 0.435 e. The number of aromatic nitrogens is 4. The second-order valence-corrected chi connectivity index (χ2v) is 12.1. The topological polar surface area (TPSA) is 185 Å². The monoisotopic (exact) mass is 641 g/mol. The number of halogens is 2. The minimum atomic E-state index is -3.97. The van der Waals surface area contributed by atoms with Crippen molar-refractivity contribution in [3.8, 4) is 23.0 Å². The van der Waals surface area contributed by atoms with Gasteiger partial charge in [0.25, 0.3) is 12.0 Å². The number of anilines is 1. The molecule has 0 spiro atoms. The Hall–Kier alpha value is -3.86. The molecule has 14 nitrogen and oxygen atoms in total. The molecule has 1 aliphatic rings. The molecule has 5 rings (SSSR count). The van der Waals surface area contributed by atoms with Crippen LogP contribution in [0.2, 0.25) is 0 Å². The van der Waals surface area contributed by atoms with Gasteiger partial charge in [-0.15, -0.1) is 0 Å². The number of benzene rings is 2. The van der Waals surface area contributed by atoms with Crippen LogP contribution in [0.15, 0.2) is 59.7 Å². The summed E-state index contributed by atoms with van der Waals surface area (Å²) in [6, 6.07) is 12.3. The summed E-state index contributed by atoms with van der Waals surface area (Å²) in [5.41, 5.74) is 1.73. The first-order valence-electron chi connectivity index (χ1n) is 12.4. The fourth-order valence-corrected chi connectivity index (χ4v) is 6.24.